The predicted molar refractivity (Wildman–Crippen MR) is 146 cm³/mol. The molecule has 0 saturated carbocycles. The van der Waals surface area contributed by atoms with Crippen molar-refractivity contribution >= 4 is 57.0 Å². The summed E-state index contributed by atoms with van der Waals surface area (Å²) < 4.78 is 7.52. The van der Waals surface area contributed by atoms with E-state index in [9.17, 15) is 14.4 Å². The van der Waals surface area contributed by atoms with Crippen molar-refractivity contribution in [3.05, 3.63) is 55.5 Å². The van der Waals surface area contributed by atoms with Gasteiger partial charge in [0.25, 0.3) is 17.7 Å². The number of halogens is 1. The first-order valence-electron chi connectivity index (χ1n) is 11.9. The number of amides is 3. The smallest absolute Gasteiger partial charge is 0.282 e. The van der Waals surface area contributed by atoms with E-state index < -0.39 is 6.04 Å². The second-order valence-corrected chi connectivity index (χ2v) is 11.8. The van der Waals surface area contributed by atoms with Crippen LogP contribution in [0, 0.1) is 6.92 Å². The Morgan fingerprint density at radius 3 is 2.54 bits per heavy atom. The molecule has 0 bridgehead atoms. The zero-order valence-electron chi connectivity index (χ0n) is 21.8. The van der Waals surface area contributed by atoms with Crippen LogP contribution in [0.4, 0.5) is 0 Å². The number of rotatable bonds is 6. The third kappa shape index (κ3) is 5.06. The molecule has 4 aromatic heterocycles. The lowest BCUT2D eigenvalue weighted by molar-refractivity contribution is -0.135. The van der Waals surface area contributed by atoms with Crippen molar-refractivity contribution in [2.45, 2.75) is 19.4 Å². The van der Waals surface area contributed by atoms with Gasteiger partial charge in [-0.3, -0.25) is 14.4 Å². The van der Waals surface area contributed by atoms with Gasteiger partial charge in [0.2, 0.25) is 4.96 Å². The maximum absolute atomic E-state index is 13.6. The number of carbonyl (C=O) groups excluding carboxylic acids is 3. The number of nitrogens with zero attached hydrogens (tertiary/aromatic N) is 8. The Kier molecular flexibility index (Phi) is 7.27. The molecule has 0 fully saturated rings. The van der Waals surface area contributed by atoms with E-state index in [0.29, 0.717) is 22.9 Å². The van der Waals surface area contributed by atoms with Crippen LogP contribution < -0.4 is 4.74 Å². The van der Waals surface area contributed by atoms with E-state index >= 15 is 0 Å². The third-order valence-corrected chi connectivity index (χ3v) is 8.20. The third-order valence-electron chi connectivity index (χ3n) is 6.07. The van der Waals surface area contributed by atoms with Crippen LogP contribution in [0.2, 0.25) is 5.15 Å². The molecule has 0 aliphatic carbocycles. The predicted octanol–water partition coefficient (Wildman–Crippen LogP) is 2.56. The number of carbonyl (C=O) groups is 3. The van der Waals surface area contributed by atoms with E-state index in [1.54, 1.807) is 43.8 Å². The van der Waals surface area contributed by atoms with E-state index in [4.69, 9.17) is 21.3 Å². The zero-order chi connectivity index (χ0) is 28.0. The van der Waals surface area contributed by atoms with Crippen molar-refractivity contribution in [1.29, 1.82) is 0 Å². The second kappa shape index (κ2) is 10.5. The molecule has 4 aromatic rings. The summed E-state index contributed by atoms with van der Waals surface area (Å²) in [6.45, 7) is 1.98. The van der Waals surface area contributed by atoms with Crippen LogP contribution in [0.25, 0.3) is 4.96 Å². The lowest BCUT2D eigenvalue weighted by atomic mass is 10.0. The molecular weight excluding hydrogens is 564 g/mol. The van der Waals surface area contributed by atoms with E-state index in [1.165, 1.54) is 44.6 Å². The number of aromatic nitrogens is 5. The Balaban J connectivity index is 1.45. The molecule has 12 nitrogen and oxygen atoms in total. The SMILES string of the molecule is Cc1nn2c3c(nc2s1)CCN(C(=O)COc1ccc(C(=O)N(C)C)nc1Cl)C3c1cnc(C(=O)N(C)C)s1. The Bertz CT molecular complexity index is 1590. The van der Waals surface area contributed by atoms with Crippen molar-refractivity contribution in [3.8, 4) is 5.75 Å². The molecule has 15 heteroatoms. The fourth-order valence-corrected chi connectivity index (χ4v) is 6.25. The average Bonchev–Trinajstić information content (AvgIpc) is 3.60. The minimum atomic E-state index is -0.559. The molecule has 1 aliphatic rings. The van der Waals surface area contributed by atoms with Crippen molar-refractivity contribution in [1.82, 2.24) is 39.3 Å². The second-order valence-electron chi connectivity index (χ2n) is 9.24. The zero-order valence-corrected chi connectivity index (χ0v) is 24.2. The molecule has 1 atom stereocenters. The van der Waals surface area contributed by atoms with Gasteiger partial charge in [-0.25, -0.2) is 19.5 Å². The van der Waals surface area contributed by atoms with Gasteiger partial charge in [0.15, 0.2) is 22.5 Å². The van der Waals surface area contributed by atoms with E-state index in [-0.39, 0.29) is 40.9 Å². The lowest BCUT2D eigenvalue weighted by Crippen LogP contribution is -2.43. The van der Waals surface area contributed by atoms with Crippen molar-refractivity contribution in [2.24, 2.45) is 0 Å². The molecule has 5 heterocycles. The number of pyridine rings is 1. The van der Waals surface area contributed by atoms with Gasteiger partial charge in [-0.2, -0.15) is 5.10 Å². The number of fused-ring (bicyclic) bond motifs is 3. The quantitative estimate of drug-likeness (QED) is 0.315. The van der Waals surface area contributed by atoms with Gasteiger partial charge in [-0.1, -0.05) is 22.9 Å². The highest BCUT2D eigenvalue weighted by molar-refractivity contribution is 7.16. The number of thiazole rings is 1. The topological polar surface area (TPSA) is 126 Å². The highest BCUT2D eigenvalue weighted by atomic mass is 35.5. The number of hydrogen-bond acceptors (Lipinski definition) is 10. The first-order valence-corrected chi connectivity index (χ1v) is 13.9. The average molecular weight is 589 g/mol. The lowest BCUT2D eigenvalue weighted by Gasteiger charge is -2.34. The molecule has 1 unspecified atom stereocenters. The van der Waals surface area contributed by atoms with Crippen molar-refractivity contribution in [3.63, 3.8) is 0 Å². The molecule has 0 N–H and O–H groups in total. The van der Waals surface area contributed by atoms with Gasteiger partial charge in [0.1, 0.15) is 16.7 Å². The first kappa shape index (κ1) is 27.0. The van der Waals surface area contributed by atoms with Crippen LogP contribution in [0.5, 0.6) is 5.75 Å². The van der Waals surface area contributed by atoms with Gasteiger partial charge < -0.3 is 19.4 Å². The molecule has 39 heavy (non-hydrogen) atoms. The fraction of sp³-hybridized carbons (Fsp3) is 0.375. The van der Waals surface area contributed by atoms with Gasteiger partial charge in [0, 0.05) is 47.4 Å². The summed E-state index contributed by atoms with van der Waals surface area (Å²) in [6, 6.07) is 2.46. The van der Waals surface area contributed by atoms with Gasteiger partial charge in [0.05, 0.1) is 16.3 Å². The van der Waals surface area contributed by atoms with Crippen LogP contribution in [0.15, 0.2) is 18.3 Å². The molecule has 0 aromatic carbocycles. The Hall–Kier alpha value is -3.62. The first-order chi connectivity index (χ1) is 18.5. The molecule has 0 spiro atoms. The van der Waals surface area contributed by atoms with Crippen molar-refractivity contribution < 1.29 is 19.1 Å². The molecule has 0 radical (unpaired) electrons. The number of ether oxygens (including phenoxy) is 1. The summed E-state index contributed by atoms with van der Waals surface area (Å²) in [5, 5.41) is 5.78. The summed E-state index contributed by atoms with van der Waals surface area (Å²) in [5.74, 6) is -0.628. The molecule has 204 valence electrons. The number of hydrogen-bond donors (Lipinski definition) is 0. The van der Waals surface area contributed by atoms with Crippen LogP contribution in [-0.4, -0.2) is 98.3 Å². The molecule has 1 aliphatic heterocycles. The van der Waals surface area contributed by atoms with E-state index in [2.05, 4.69) is 15.1 Å². The fourth-order valence-electron chi connectivity index (χ4n) is 4.22. The van der Waals surface area contributed by atoms with E-state index in [0.717, 1.165) is 21.4 Å². The van der Waals surface area contributed by atoms with Gasteiger partial charge in [-0.05, 0) is 19.1 Å². The van der Waals surface area contributed by atoms with E-state index in [1.807, 2.05) is 6.92 Å². The number of imidazole rings is 1. The monoisotopic (exact) mass is 588 g/mol. The minimum Gasteiger partial charge on any atom is -0.481 e. The Morgan fingerprint density at radius 2 is 1.85 bits per heavy atom. The Morgan fingerprint density at radius 1 is 1.10 bits per heavy atom. The summed E-state index contributed by atoms with van der Waals surface area (Å²) >= 11 is 8.96. The van der Waals surface area contributed by atoms with Crippen LogP contribution in [0.1, 0.15) is 47.6 Å². The molecule has 0 saturated heterocycles. The van der Waals surface area contributed by atoms with Gasteiger partial charge in [-0.15, -0.1) is 11.3 Å². The summed E-state index contributed by atoms with van der Waals surface area (Å²) in [6.07, 6.45) is 2.17. The van der Waals surface area contributed by atoms with Crippen LogP contribution >= 0.6 is 34.3 Å². The van der Waals surface area contributed by atoms with Crippen LogP contribution in [0.3, 0.4) is 0 Å². The molecule has 5 rings (SSSR count). The summed E-state index contributed by atoms with van der Waals surface area (Å²) in [4.78, 5) is 57.5. The summed E-state index contributed by atoms with van der Waals surface area (Å²) in [7, 11) is 6.56. The highest BCUT2D eigenvalue weighted by Gasteiger charge is 2.38. The Labute approximate surface area is 236 Å². The number of aryl methyl sites for hydroxylation is 1. The maximum Gasteiger partial charge on any atom is 0.282 e. The maximum atomic E-state index is 13.6. The largest absolute Gasteiger partial charge is 0.481 e. The molecular formula is C24H25ClN8O4S2. The standard InChI is InChI=1S/C24H25ClN8O4S2/c1-12-29-33-18-13(28-24(33)38-12)8-9-32(19(18)16-10-26-21(39-16)23(36)31(4)5)17(34)11-37-15-7-6-14(27-20(15)25)22(35)30(2)3/h6-7,10,19H,8-9,11H2,1-5H3. The summed E-state index contributed by atoms with van der Waals surface area (Å²) in [5.41, 5.74) is 1.79. The normalized spacial score (nSPS) is 14.8. The van der Waals surface area contributed by atoms with Crippen molar-refractivity contribution in [2.75, 3.05) is 41.3 Å². The highest BCUT2D eigenvalue weighted by Crippen LogP contribution is 2.39. The molecule has 3 amide bonds. The van der Waals surface area contributed by atoms with Crippen LogP contribution in [-0.2, 0) is 11.2 Å². The van der Waals surface area contributed by atoms with Gasteiger partial charge >= 0.3 is 0 Å². The minimum absolute atomic E-state index is 0.0160.